The third kappa shape index (κ3) is 4.10. The largest absolute Gasteiger partial charge is 0.333 e. The molecule has 7 heteroatoms. The van der Waals surface area contributed by atoms with Crippen molar-refractivity contribution in [2.75, 3.05) is 5.32 Å². The number of hydrogen-bond donors (Lipinski definition) is 2. The Labute approximate surface area is 147 Å². The number of hydrogen-bond acceptors (Lipinski definition) is 4. The quantitative estimate of drug-likeness (QED) is 0.673. The number of benzene rings is 1. The van der Waals surface area contributed by atoms with Crippen LogP contribution < -0.4 is 10.6 Å². The summed E-state index contributed by atoms with van der Waals surface area (Å²) < 4.78 is 0. The molecule has 0 fully saturated rings. The summed E-state index contributed by atoms with van der Waals surface area (Å²) in [4.78, 5) is 18.7. The van der Waals surface area contributed by atoms with Crippen molar-refractivity contribution in [3.05, 3.63) is 57.4 Å². The minimum atomic E-state index is -0.266. The summed E-state index contributed by atoms with van der Waals surface area (Å²) in [5, 5.41) is 9.21. The second-order valence-corrected chi connectivity index (χ2v) is 7.29. The second-order valence-electron chi connectivity index (χ2n) is 4.82. The first-order valence-corrected chi connectivity index (χ1v) is 9.00. The van der Waals surface area contributed by atoms with Crippen LogP contribution in [0.25, 0.3) is 9.88 Å². The molecule has 2 aromatic heterocycles. The van der Waals surface area contributed by atoms with E-state index in [2.05, 4.69) is 15.6 Å². The van der Waals surface area contributed by atoms with Crippen LogP contribution in [0, 0.1) is 6.92 Å². The van der Waals surface area contributed by atoms with Crippen LogP contribution in [0.3, 0.4) is 0 Å². The van der Waals surface area contributed by atoms with Crippen LogP contribution in [0.5, 0.6) is 0 Å². The standard InChI is InChI=1S/C16H14ClN3OS2/c1-10-14(23-15(19-10)13-6-3-7-22-13)9-18-16(21)20-12-5-2-4-11(17)8-12/h2-8H,9H2,1H3,(H2,18,20,21). The Morgan fingerprint density at radius 1 is 1.30 bits per heavy atom. The van der Waals surface area contributed by atoms with Crippen LogP contribution >= 0.6 is 34.3 Å². The highest BCUT2D eigenvalue weighted by molar-refractivity contribution is 7.21. The number of carbonyl (C=O) groups excluding carboxylic acids is 1. The summed E-state index contributed by atoms with van der Waals surface area (Å²) in [5.74, 6) is 0. The molecular formula is C16H14ClN3OS2. The SMILES string of the molecule is Cc1nc(-c2cccs2)sc1CNC(=O)Nc1cccc(Cl)c1. The lowest BCUT2D eigenvalue weighted by Gasteiger charge is -2.07. The predicted octanol–water partition coefficient (Wildman–Crippen LogP) is 5.16. The molecule has 0 unspecified atom stereocenters. The Bertz CT molecular complexity index is 815. The van der Waals surface area contributed by atoms with Crippen molar-refractivity contribution in [3.63, 3.8) is 0 Å². The number of anilines is 1. The first-order valence-electron chi connectivity index (χ1n) is 6.92. The molecule has 0 aliphatic rings. The number of nitrogens with one attached hydrogen (secondary N) is 2. The van der Waals surface area contributed by atoms with Crippen molar-refractivity contribution in [2.24, 2.45) is 0 Å². The topological polar surface area (TPSA) is 54.0 Å². The van der Waals surface area contributed by atoms with Crippen LogP contribution in [0.15, 0.2) is 41.8 Å². The van der Waals surface area contributed by atoms with Crippen molar-refractivity contribution in [1.29, 1.82) is 0 Å². The monoisotopic (exact) mass is 363 g/mol. The maximum absolute atomic E-state index is 12.0. The molecule has 0 bridgehead atoms. The van der Waals surface area contributed by atoms with Crippen LogP contribution in [0.2, 0.25) is 5.02 Å². The van der Waals surface area contributed by atoms with Gasteiger partial charge < -0.3 is 10.6 Å². The molecule has 0 saturated heterocycles. The minimum Gasteiger partial charge on any atom is -0.333 e. The number of aryl methyl sites for hydroxylation is 1. The number of carbonyl (C=O) groups is 1. The third-order valence-electron chi connectivity index (χ3n) is 3.12. The predicted molar refractivity (Wildman–Crippen MR) is 97.5 cm³/mol. The highest BCUT2D eigenvalue weighted by atomic mass is 35.5. The Hall–Kier alpha value is -1.89. The molecule has 2 amide bonds. The van der Waals surface area contributed by atoms with E-state index < -0.39 is 0 Å². The van der Waals surface area contributed by atoms with Gasteiger partial charge in [-0.25, -0.2) is 9.78 Å². The maximum atomic E-state index is 12.0. The van der Waals surface area contributed by atoms with E-state index in [4.69, 9.17) is 11.6 Å². The normalized spacial score (nSPS) is 10.5. The van der Waals surface area contributed by atoms with Gasteiger partial charge in [0.2, 0.25) is 0 Å². The van der Waals surface area contributed by atoms with E-state index in [1.165, 1.54) is 0 Å². The van der Waals surface area contributed by atoms with Gasteiger partial charge in [0.05, 0.1) is 17.1 Å². The van der Waals surface area contributed by atoms with E-state index >= 15 is 0 Å². The van der Waals surface area contributed by atoms with Crippen LogP contribution in [0.1, 0.15) is 10.6 Å². The van der Waals surface area contributed by atoms with E-state index in [0.29, 0.717) is 17.3 Å². The van der Waals surface area contributed by atoms with Crippen molar-refractivity contribution >= 4 is 46.0 Å². The maximum Gasteiger partial charge on any atom is 0.319 e. The fourth-order valence-electron chi connectivity index (χ4n) is 2.00. The third-order valence-corrected chi connectivity index (χ3v) is 5.55. The average Bonchev–Trinajstić information content (AvgIpc) is 3.14. The van der Waals surface area contributed by atoms with Gasteiger partial charge in [0.15, 0.2) is 0 Å². The van der Waals surface area contributed by atoms with E-state index in [-0.39, 0.29) is 6.03 Å². The molecular weight excluding hydrogens is 350 g/mol. The fourth-order valence-corrected chi connectivity index (χ4v) is 3.99. The summed E-state index contributed by atoms with van der Waals surface area (Å²) in [7, 11) is 0. The van der Waals surface area contributed by atoms with Crippen molar-refractivity contribution in [1.82, 2.24) is 10.3 Å². The molecule has 1 aromatic carbocycles. The lowest BCUT2D eigenvalue weighted by molar-refractivity contribution is 0.252. The average molecular weight is 364 g/mol. The number of aromatic nitrogens is 1. The van der Waals surface area contributed by atoms with E-state index in [1.807, 2.05) is 24.4 Å². The van der Waals surface area contributed by atoms with Gasteiger partial charge in [-0.2, -0.15) is 0 Å². The Kier molecular flexibility index (Phi) is 4.95. The van der Waals surface area contributed by atoms with Gasteiger partial charge in [-0.15, -0.1) is 22.7 Å². The number of thiazole rings is 1. The zero-order valence-corrected chi connectivity index (χ0v) is 14.7. The summed E-state index contributed by atoms with van der Waals surface area (Å²) in [6, 6.07) is 10.8. The highest BCUT2D eigenvalue weighted by Crippen LogP contribution is 2.30. The lowest BCUT2D eigenvalue weighted by Crippen LogP contribution is -2.28. The van der Waals surface area contributed by atoms with Crippen molar-refractivity contribution in [3.8, 4) is 9.88 Å². The minimum absolute atomic E-state index is 0.266. The van der Waals surface area contributed by atoms with Crippen molar-refractivity contribution < 1.29 is 4.79 Å². The number of amides is 2. The van der Waals surface area contributed by atoms with E-state index in [1.54, 1.807) is 46.9 Å². The lowest BCUT2D eigenvalue weighted by atomic mass is 10.3. The first kappa shape index (κ1) is 16.0. The van der Waals surface area contributed by atoms with Gasteiger partial charge in [0, 0.05) is 15.6 Å². The molecule has 0 radical (unpaired) electrons. The number of thiophene rings is 1. The molecule has 2 N–H and O–H groups in total. The number of urea groups is 1. The van der Waals surface area contributed by atoms with Crippen LogP contribution in [0.4, 0.5) is 10.5 Å². The van der Waals surface area contributed by atoms with Crippen LogP contribution in [-0.4, -0.2) is 11.0 Å². The van der Waals surface area contributed by atoms with E-state index in [9.17, 15) is 4.79 Å². The Morgan fingerprint density at radius 3 is 2.91 bits per heavy atom. The molecule has 3 aromatic rings. The van der Waals surface area contributed by atoms with Gasteiger partial charge >= 0.3 is 6.03 Å². The summed E-state index contributed by atoms with van der Waals surface area (Å²) in [6.07, 6.45) is 0. The highest BCUT2D eigenvalue weighted by Gasteiger charge is 2.11. The molecule has 0 aliphatic heterocycles. The Balaban J connectivity index is 1.61. The Morgan fingerprint density at radius 2 is 2.17 bits per heavy atom. The van der Waals surface area contributed by atoms with Gasteiger partial charge in [0.25, 0.3) is 0 Å². The molecule has 0 atom stereocenters. The smallest absolute Gasteiger partial charge is 0.319 e. The molecule has 3 rings (SSSR count). The fraction of sp³-hybridized carbons (Fsp3) is 0.125. The molecule has 4 nitrogen and oxygen atoms in total. The number of rotatable bonds is 4. The summed E-state index contributed by atoms with van der Waals surface area (Å²) in [5.41, 5.74) is 1.61. The van der Waals surface area contributed by atoms with Crippen molar-refractivity contribution in [2.45, 2.75) is 13.5 Å². The second kappa shape index (κ2) is 7.12. The van der Waals surface area contributed by atoms with Crippen LogP contribution in [-0.2, 0) is 6.54 Å². The molecule has 0 aliphatic carbocycles. The molecule has 2 heterocycles. The molecule has 0 saturated carbocycles. The number of nitrogens with zero attached hydrogens (tertiary/aromatic N) is 1. The van der Waals surface area contributed by atoms with Gasteiger partial charge in [0.1, 0.15) is 5.01 Å². The number of halogens is 1. The molecule has 118 valence electrons. The molecule has 23 heavy (non-hydrogen) atoms. The molecule has 0 spiro atoms. The van der Waals surface area contributed by atoms with Gasteiger partial charge in [-0.3, -0.25) is 0 Å². The zero-order valence-electron chi connectivity index (χ0n) is 12.3. The summed E-state index contributed by atoms with van der Waals surface area (Å²) >= 11 is 9.16. The first-order chi connectivity index (χ1) is 11.1. The van der Waals surface area contributed by atoms with E-state index in [0.717, 1.165) is 20.5 Å². The zero-order chi connectivity index (χ0) is 16.2. The van der Waals surface area contributed by atoms with Gasteiger partial charge in [-0.1, -0.05) is 23.7 Å². The summed E-state index contributed by atoms with van der Waals surface area (Å²) in [6.45, 7) is 2.40. The van der Waals surface area contributed by atoms with Gasteiger partial charge in [-0.05, 0) is 36.6 Å².